The van der Waals surface area contributed by atoms with Crippen LogP contribution in [0.15, 0.2) is 34.2 Å². The molecule has 110 valence electrons. The van der Waals surface area contributed by atoms with Crippen LogP contribution >= 0.6 is 0 Å². The SMILES string of the molecule is CN=C(N)NCCNS(=O)(=O)c1cccc([N+](=O)[O-])c1. The molecule has 0 aromatic heterocycles. The molecule has 0 radical (unpaired) electrons. The summed E-state index contributed by atoms with van der Waals surface area (Å²) in [6.45, 7) is 0.318. The highest BCUT2D eigenvalue weighted by atomic mass is 32.2. The maximum absolute atomic E-state index is 11.9. The molecular formula is C10H15N5O4S. The zero-order valence-corrected chi connectivity index (χ0v) is 11.6. The summed E-state index contributed by atoms with van der Waals surface area (Å²) in [4.78, 5) is 13.4. The number of sulfonamides is 1. The molecule has 0 heterocycles. The Balaban J connectivity index is 2.69. The molecule has 4 N–H and O–H groups in total. The van der Waals surface area contributed by atoms with Crippen LogP contribution in [0.2, 0.25) is 0 Å². The number of nitrogens with two attached hydrogens (primary N) is 1. The third-order valence-corrected chi connectivity index (χ3v) is 3.76. The summed E-state index contributed by atoms with van der Waals surface area (Å²) in [5.74, 6) is 0.194. The van der Waals surface area contributed by atoms with Crippen molar-refractivity contribution < 1.29 is 13.3 Å². The van der Waals surface area contributed by atoms with Crippen molar-refractivity contribution in [1.82, 2.24) is 10.0 Å². The lowest BCUT2D eigenvalue weighted by atomic mass is 10.3. The van der Waals surface area contributed by atoms with Crippen molar-refractivity contribution in [2.75, 3.05) is 20.1 Å². The lowest BCUT2D eigenvalue weighted by Gasteiger charge is -2.08. The number of hydrogen-bond acceptors (Lipinski definition) is 5. The fourth-order valence-corrected chi connectivity index (χ4v) is 2.37. The molecule has 0 unspecified atom stereocenters. The van der Waals surface area contributed by atoms with Gasteiger partial charge in [-0.1, -0.05) is 6.07 Å². The molecule has 0 fully saturated rings. The average molecular weight is 301 g/mol. The second-order valence-electron chi connectivity index (χ2n) is 3.69. The Kier molecular flexibility index (Phi) is 5.41. The van der Waals surface area contributed by atoms with E-state index < -0.39 is 14.9 Å². The zero-order valence-electron chi connectivity index (χ0n) is 10.7. The number of aliphatic imine (C=N–C) groups is 1. The molecule has 0 saturated heterocycles. The Morgan fingerprint density at radius 3 is 2.75 bits per heavy atom. The largest absolute Gasteiger partial charge is 0.370 e. The van der Waals surface area contributed by atoms with Gasteiger partial charge in [-0.05, 0) is 6.07 Å². The number of nitrogens with zero attached hydrogens (tertiary/aromatic N) is 2. The summed E-state index contributed by atoms with van der Waals surface area (Å²) in [7, 11) is -2.30. The van der Waals surface area contributed by atoms with Crippen LogP contribution in [0.25, 0.3) is 0 Å². The molecule has 0 bridgehead atoms. The van der Waals surface area contributed by atoms with Crippen molar-refractivity contribution in [3.63, 3.8) is 0 Å². The van der Waals surface area contributed by atoms with Crippen LogP contribution in [-0.4, -0.2) is 39.4 Å². The molecule has 20 heavy (non-hydrogen) atoms. The van der Waals surface area contributed by atoms with Crippen molar-refractivity contribution >= 4 is 21.7 Å². The van der Waals surface area contributed by atoms with Crippen molar-refractivity contribution in [3.8, 4) is 0 Å². The molecule has 0 amide bonds. The topological polar surface area (TPSA) is 140 Å². The van der Waals surface area contributed by atoms with Crippen molar-refractivity contribution in [2.24, 2.45) is 10.7 Å². The van der Waals surface area contributed by atoms with E-state index >= 15 is 0 Å². The van der Waals surface area contributed by atoms with Crippen LogP contribution in [0.3, 0.4) is 0 Å². The Morgan fingerprint density at radius 2 is 2.15 bits per heavy atom. The van der Waals surface area contributed by atoms with E-state index in [4.69, 9.17) is 5.73 Å². The lowest BCUT2D eigenvalue weighted by Crippen LogP contribution is -2.38. The van der Waals surface area contributed by atoms with Crippen LogP contribution in [0.1, 0.15) is 0 Å². The van der Waals surface area contributed by atoms with Crippen LogP contribution < -0.4 is 15.8 Å². The van der Waals surface area contributed by atoms with Gasteiger partial charge in [0.15, 0.2) is 5.96 Å². The fourth-order valence-electron chi connectivity index (χ4n) is 1.30. The highest BCUT2D eigenvalue weighted by molar-refractivity contribution is 7.89. The molecule has 10 heteroatoms. The van der Waals surface area contributed by atoms with E-state index in [1.165, 1.54) is 25.2 Å². The normalized spacial score (nSPS) is 12.2. The number of benzene rings is 1. The molecule has 0 aliphatic carbocycles. The van der Waals surface area contributed by atoms with Gasteiger partial charge in [-0.2, -0.15) is 0 Å². The van der Waals surface area contributed by atoms with Gasteiger partial charge < -0.3 is 11.1 Å². The smallest absolute Gasteiger partial charge is 0.270 e. The summed E-state index contributed by atoms with van der Waals surface area (Å²) in [5, 5.41) is 13.3. The second-order valence-corrected chi connectivity index (χ2v) is 5.45. The Bertz CT molecular complexity index is 614. The minimum Gasteiger partial charge on any atom is -0.370 e. The average Bonchev–Trinajstić information content (AvgIpc) is 2.43. The first-order chi connectivity index (χ1) is 9.36. The summed E-state index contributed by atoms with van der Waals surface area (Å²) in [5.41, 5.74) is 5.09. The Morgan fingerprint density at radius 1 is 1.45 bits per heavy atom. The fraction of sp³-hybridized carbons (Fsp3) is 0.300. The summed E-state index contributed by atoms with van der Waals surface area (Å²) in [6.07, 6.45) is 0. The van der Waals surface area contributed by atoms with E-state index in [9.17, 15) is 18.5 Å². The van der Waals surface area contributed by atoms with Gasteiger partial charge in [0.05, 0.1) is 9.82 Å². The highest BCUT2D eigenvalue weighted by Gasteiger charge is 2.16. The molecule has 0 aliphatic heterocycles. The Hall–Kier alpha value is -2.20. The van der Waals surface area contributed by atoms with E-state index in [0.717, 1.165) is 6.07 Å². The molecule has 0 spiro atoms. The maximum Gasteiger partial charge on any atom is 0.270 e. The zero-order chi connectivity index (χ0) is 15.2. The van der Waals surface area contributed by atoms with Gasteiger partial charge in [0.25, 0.3) is 5.69 Å². The summed E-state index contributed by atoms with van der Waals surface area (Å²) in [6, 6.07) is 4.81. The minimum atomic E-state index is -3.80. The number of guanidine groups is 1. The molecular weight excluding hydrogens is 286 g/mol. The molecule has 0 aliphatic rings. The number of rotatable bonds is 6. The van der Waals surface area contributed by atoms with Gasteiger partial charge in [0.1, 0.15) is 0 Å². The van der Waals surface area contributed by atoms with Crippen LogP contribution in [0.4, 0.5) is 5.69 Å². The number of nitro groups is 1. The molecule has 9 nitrogen and oxygen atoms in total. The van der Waals surface area contributed by atoms with E-state index in [1.54, 1.807) is 0 Å². The second kappa shape index (κ2) is 6.82. The van der Waals surface area contributed by atoms with Crippen LogP contribution in [0.5, 0.6) is 0 Å². The predicted molar refractivity (Wildman–Crippen MR) is 73.8 cm³/mol. The molecule has 1 rings (SSSR count). The Labute approximate surface area is 116 Å². The van der Waals surface area contributed by atoms with Crippen molar-refractivity contribution in [2.45, 2.75) is 4.90 Å². The van der Waals surface area contributed by atoms with Crippen molar-refractivity contribution in [1.29, 1.82) is 0 Å². The standard InChI is InChI=1S/C10H15N5O4S/c1-12-10(11)13-5-6-14-20(18,19)9-4-2-3-8(7-9)15(16)17/h2-4,7,14H,5-6H2,1H3,(H3,11,12,13). The monoisotopic (exact) mass is 301 g/mol. The van der Waals surface area contributed by atoms with Gasteiger partial charge in [-0.15, -0.1) is 0 Å². The number of hydrogen-bond donors (Lipinski definition) is 3. The van der Waals surface area contributed by atoms with Gasteiger partial charge in [0.2, 0.25) is 10.0 Å². The van der Waals surface area contributed by atoms with E-state index in [1.807, 2.05) is 0 Å². The first-order valence-electron chi connectivity index (χ1n) is 5.57. The predicted octanol–water partition coefficient (Wildman–Crippen LogP) is -0.593. The van der Waals surface area contributed by atoms with Gasteiger partial charge in [0, 0.05) is 32.3 Å². The van der Waals surface area contributed by atoms with Crippen molar-refractivity contribution in [3.05, 3.63) is 34.4 Å². The highest BCUT2D eigenvalue weighted by Crippen LogP contribution is 2.16. The first kappa shape index (κ1) is 15.9. The van der Waals surface area contributed by atoms with Gasteiger partial charge >= 0.3 is 0 Å². The van der Waals surface area contributed by atoms with E-state index in [0.29, 0.717) is 0 Å². The first-order valence-corrected chi connectivity index (χ1v) is 7.05. The molecule has 0 saturated carbocycles. The van der Waals surface area contributed by atoms with Gasteiger partial charge in [-0.3, -0.25) is 15.1 Å². The number of nitrogens with one attached hydrogen (secondary N) is 2. The number of non-ortho nitro benzene ring substituents is 1. The van der Waals surface area contributed by atoms with E-state index in [-0.39, 0.29) is 29.6 Å². The summed E-state index contributed by atoms with van der Waals surface area (Å²) < 4.78 is 26.1. The molecule has 0 atom stereocenters. The number of nitro benzene ring substituents is 1. The third-order valence-electron chi connectivity index (χ3n) is 2.30. The third kappa shape index (κ3) is 4.48. The molecule has 1 aromatic carbocycles. The van der Waals surface area contributed by atoms with Gasteiger partial charge in [-0.25, -0.2) is 13.1 Å². The van der Waals surface area contributed by atoms with E-state index in [2.05, 4.69) is 15.0 Å². The summed E-state index contributed by atoms with van der Waals surface area (Å²) >= 11 is 0. The lowest BCUT2D eigenvalue weighted by molar-refractivity contribution is -0.385. The molecule has 1 aromatic rings. The maximum atomic E-state index is 11.9. The minimum absolute atomic E-state index is 0.0707. The van der Waals surface area contributed by atoms with Crippen LogP contribution in [-0.2, 0) is 10.0 Å². The quantitative estimate of drug-likeness (QED) is 0.211. The van der Waals surface area contributed by atoms with Crippen LogP contribution in [0, 0.1) is 10.1 Å².